The molecule has 2 nitrogen and oxygen atoms in total. The first-order chi connectivity index (χ1) is 5.57. The molecule has 0 heterocycles. The summed E-state index contributed by atoms with van der Waals surface area (Å²) >= 11 is 0. The molecule has 1 atom stereocenters. The van der Waals surface area contributed by atoms with E-state index < -0.39 is 6.43 Å². The summed E-state index contributed by atoms with van der Waals surface area (Å²) in [6, 6.07) is 0.197. The number of halogens is 2. The van der Waals surface area contributed by atoms with E-state index in [0.717, 1.165) is 12.8 Å². The van der Waals surface area contributed by atoms with Crippen molar-refractivity contribution in [3.63, 3.8) is 0 Å². The number of hydrogen-bond acceptors (Lipinski definition) is 2. The second-order valence-corrected chi connectivity index (χ2v) is 3.11. The maximum Gasteiger partial charge on any atom is 0.251 e. The first kappa shape index (κ1) is 11.8. The minimum atomic E-state index is -2.24. The molecular formula is C8H18F2N2. The zero-order chi connectivity index (χ0) is 9.56. The van der Waals surface area contributed by atoms with Gasteiger partial charge in [-0.15, -0.1) is 0 Å². The molecule has 0 aromatic heterocycles. The Hall–Kier alpha value is -0.220. The molecule has 0 aliphatic rings. The molecule has 0 radical (unpaired) electrons. The third-order valence-electron chi connectivity index (χ3n) is 2.00. The molecule has 0 fully saturated rings. The van der Waals surface area contributed by atoms with E-state index in [9.17, 15) is 8.78 Å². The molecule has 0 saturated heterocycles. The van der Waals surface area contributed by atoms with Crippen molar-refractivity contribution in [2.45, 2.75) is 32.2 Å². The van der Waals surface area contributed by atoms with Crippen LogP contribution in [0.3, 0.4) is 0 Å². The van der Waals surface area contributed by atoms with E-state index in [4.69, 9.17) is 5.73 Å². The molecule has 0 saturated carbocycles. The van der Waals surface area contributed by atoms with Gasteiger partial charge in [0.15, 0.2) is 0 Å². The molecule has 0 spiro atoms. The predicted molar refractivity (Wildman–Crippen MR) is 46.4 cm³/mol. The van der Waals surface area contributed by atoms with Gasteiger partial charge in [0.25, 0.3) is 6.43 Å². The quantitative estimate of drug-likeness (QED) is 0.667. The number of rotatable bonds is 6. The van der Waals surface area contributed by atoms with E-state index >= 15 is 0 Å². The highest BCUT2D eigenvalue weighted by atomic mass is 19.3. The van der Waals surface area contributed by atoms with Gasteiger partial charge in [-0.05, 0) is 33.4 Å². The Kier molecular flexibility index (Phi) is 6.20. The summed E-state index contributed by atoms with van der Waals surface area (Å²) in [6.45, 7) is 2.43. The van der Waals surface area contributed by atoms with Crippen LogP contribution in [0.1, 0.15) is 19.8 Å². The van der Waals surface area contributed by atoms with Gasteiger partial charge >= 0.3 is 0 Å². The number of alkyl halides is 2. The van der Waals surface area contributed by atoms with E-state index in [1.165, 1.54) is 0 Å². The molecule has 0 aliphatic carbocycles. The van der Waals surface area contributed by atoms with Gasteiger partial charge in [0.1, 0.15) is 0 Å². The lowest BCUT2D eigenvalue weighted by atomic mass is 10.1. The fourth-order valence-electron chi connectivity index (χ4n) is 1.03. The smallest absolute Gasteiger partial charge is 0.251 e. The molecule has 4 heteroatoms. The van der Waals surface area contributed by atoms with E-state index in [1.54, 1.807) is 11.9 Å². The van der Waals surface area contributed by atoms with Crippen molar-refractivity contribution in [1.82, 2.24) is 4.90 Å². The van der Waals surface area contributed by atoms with Gasteiger partial charge in [-0.1, -0.05) is 0 Å². The first-order valence-electron chi connectivity index (χ1n) is 4.26. The highest BCUT2D eigenvalue weighted by Gasteiger charge is 2.12. The summed E-state index contributed by atoms with van der Waals surface area (Å²) in [6.07, 6.45) is -0.454. The van der Waals surface area contributed by atoms with Crippen LogP contribution >= 0.6 is 0 Å². The maximum atomic E-state index is 11.9. The fraction of sp³-hybridized carbons (Fsp3) is 1.00. The van der Waals surface area contributed by atoms with Gasteiger partial charge in [-0.3, -0.25) is 4.90 Å². The molecule has 0 aromatic carbocycles. The highest BCUT2D eigenvalue weighted by Crippen LogP contribution is 2.05. The molecule has 2 N–H and O–H groups in total. The normalized spacial score (nSPS) is 14.2. The van der Waals surface area contributed by atoms with E-state index in [1.807, 2.05) is 6.92 Å². The summed E-state index contributed by atoms with van der Waals surface area (Å²) in [5.41, 5.74) is 5.31. The molecule has 12 heavy (non-hydrogen) atoms. The maximum absolute atomic E-state index is 11.9. The van der Waals surface area contributed by atoms with Crippen LogP contribution in [-0.4, -0.2) is 37.5 Å². The average molecular weight is 180 g/mol. The molecule has 0 amide bonds. The Morgan fingerprint density at radius 1 is 1.42 bits per heavy atom. The van der Waals surface area contributed by atoms with Crippen molar-refractivity contribution in [3.8, 4) is 0 Å². The zero-order valence-corrected chi connectivity index (χ0v) is 7.76. The standard InChI is InChI=1S/C8H18F2N2/c1-7(4-3-5-11)12(2)6-8(9)10/h7-8H,3-6,11H2,1-2H3. The summed E-state index contributed by atoms with van der Waals surface area (Å²) < 4.78 is 23.8. The highest BCUT2D eigenvalue weighted by molar-refractivity contribution is 4.64. The van der Waals surface area contributed by atoms with Gasteiger partial charge in [-0.2, -0.15) is 0 Å². The molecule has 0 aromatic rings. The average Bonchev–Trinajstić information content (AvgIpc) is 1.98. The Bertz CT molecular complexity index is 109. The third kappa shape index (κ3) is 5.43. The van der Waals surface area contributed by atoms with E-state index in [-0.39, 0.29) is 12.6 Å². The van der Waals surface area contributed by atoms with Gasteiger partial charge in [-0.25, -0.2) is 8.78 Å². The van der Waals surface area contributed by atoms with Crippen LogP contribution in [0.2, 0.25) is 0 Å². The largest absolute Gasteiger partial charge is 0.330 e. The van der Waals surface area contributed by atoms with Gasteiger partial charge in [0.2, 0.25) is 0 Å². The second-order valence-electron chi connectivity index (χ2n) is 3.11. The predicted octanol–water partition coefficient (Wildman–Crippen LogP) is 1.31. The van der Waals surface area contributed by atoms with Crippen LogP contribution < -0.4 is 5.73 Å². The lowest BCUT2D eigenvalue weighted by Gasteiger charge is -2.23. The summed E-state index contributed by atoms with van der Waals surface area (Å²) in [5, 5.41) is 0. The molecule has 74 valence electrons. The van der Waals surface area contributed by atoms with Crippen LogP contribution in [0.25, 0.3) is 0 Å². The first-order valence-corrected chi connectivity index (χ1v) is 4.26. The van der Waals surface area contributed by atoms with Crippen LogP contribution in [0.4, 0.5) is 8.78 Å². The number of hydrogen-bond donors (Lipinski definition) is 1. The molecular weight excluding hydrogens is 162 g/mol. The van der Waals surface area contributed by atoms with Crippen molar-refractivity contribution in [3.05, 3.63) is 0 Å². The Balaban J connectivity index is 3.53. The summed E-state index contributed by atoms with van der Waals surface area (Å²) in [5.74, 6) is 0. The summed E-state index contributed by atoms with van der Waals surface area (Å²) in [7, 11) is 1.72. The van der Waals surface area contributed by atoms with Gasteiger partial charge < -0.3 is 5.73 Å². The molecule has 0 aliphatic heterocycles. The lowest BCUT2D eigenvalue weighted by molar-refractivity contribution is 0.0821. The van der Waals surface area contributed by atoms with Gasteiger partial charge in [0.05, 0.1) is 6.54 Å². The zero-order valence-electron chi connectivity index (χ0n) is 7.76. The van der Waals surface area contributed by atoms with Crippen LogP contribution in [0.5, 0.6) is 0 Å². The summed E-state index contributed by atoms with van der Waals surface area (Å²) in [4.78, 5) is 1.67. The van der Waals surface area contributed by atoms with Gasteiger partial charge in [0, 0.05) is 6.04 Å². The van der Waals surface area contributed by atoms with Crippen molar-refractivity contribution in [2.24, 2.45) is 5.73 Å². The monoisotopic (exact) mass is 180 g/mol. The van der Waals surface area contributed by atoms with Crippen molar-refractivity contribution < 1.29 is 8.78 Å². The Morgan fingerprint density at radius 3 is 2.42 bits per heavy atom. The lowest BCUT2D eigenvalue weighted by Crippen LogP contribution is -2.33. The second kappa shape index (κ2) is 6.31. The Morgan fingerprint density at radius 2 is 2.00 bits per heavy atom. The molecule has 0 bridgehead atoms. The third-order valence-corrected chi connectivity index (χ3v) is 2.00. The van der Waals surface area contributed by atoms with E-state index in [0.29, 0.717) is 6.54 Å². The minimum absolute atomic E-state index is 0.147. The topological polar surface area (TPSA) is 29.3 Å². The van der Waals surface area contributed by atoms with Crippen LogP contribution in [-0.2, 0) is 0 Å². The number of nitrogens with two attached hydrogens (primary N) is 1. The SMILES string of the molecule is CC(CCCN)N(C)CC(F)F. The minimum Gasteiger partial charge on any atom is -0.330 e. The molecule has 1 unspecified atom stereocenters. The molecule has 0 rings (SSSR count). The van der Waals surface area contributed by atoms with Crippen molar-refractivity contribution in [2.75, 3.05) is 20.1 Å². The van der Waals surface area contributed by atoms with Crippen molar-refractivity contribution in [1.29, 1.82) is 0 Å². The van der Waals surface area contributed by atoms with E-state index in [2.05, 4.69) is 0 Å². The van der Waals surface area contributed by atoms with Crippen molar-refractivity contribution >= 4 is 0 Å². The Labute approximate surface area is 72.7 Å². The van der Waals surface area contributed by atoms with Crippen LogP contribution in [0, 0.1) is 0 Å². The van der Waals surface area contributed by atoms with Crippen LogP contribution in [0.15, 0.2) is 0 Å². The number of nitrogens with zero attached hydrogens (tertiary/aromatic N) is 1. The fourth-order valence-corrected chi connectivity index (χ4v) is 1.03.